The van der Waals surface area contributed by atoms with E-state index in [1.165, 1.54) is 0 Å². The Morgan fingerprint density at radius 2 is 1.93 bits per heavy atom. The molecule has 0 bridgehead atoms. The Morgan fingerprint density at radius 3 is 2.36 bits per heavy atom. The number of aromatic nitrogens is 2. The van der Waals surface area contributed by atoms with Gasteiger partial charge >= 0.3 is 6.18 Å². The molecule has 1 aromatic heterocycles. The number of halogens is 5. The molecule has 0 spiro atoms. The summed E-state index contributed by atoms with van der Waals surface area (Å²) in [5.41, 5.74) is 0. The van der Waals surface area contributed by atoms with E-state index in [0.29, 0.717) is 0 Å². The van der Waals surface area contributed by atoms with Crippen LogP contribution in [0, 0.1) is 0 Å². The summed E-state index contributed by atoms with van der Waals surface area (Å²) in [7, 11) is 0. The van der Waals surface area contributed by atoms with Gasteiger partial charge in [-0.1, -0.05) is 11.3 Å². The smallest absolute Gasteiger partial charge is 0.354 e. The Labute approximate surface area is 79.0 Å². The van der Waals surface area contributed by atoms with Crippen LogP contribution < -0.4 is 5.32 Å². The van der Waals surface area contributed by atoms with Crippen molar-refractivity contribution < 1.29 is 22.0 Å². The molecule has 0 unspecified atom stereocenters. The fourth-order valence-electron chi connectivity index (χ4n) is 0.574. The first-order valence-corrected chi connectivity index (χ1v) is 4.14. The van der Waals surface area contributed by atoms with Gasteiger partial charge in [0.15, 0.2) is 0 Å². The number of anilines is 1. The van der Waals surface area contributed by atoms with Crippen LogP contribution in [0.3, 0.4) is 0 Å². The Morgan fingerprint density at radius 1 is 1.29 bits per heavy atom. The molecule has 3 nitrogen and oxygen atoms in total. The predicted octanol–water partition coefficient (Wildman–Crippen LogP) is 2.23. The van der Waals surface area contributed by atoms with Crippen LogP contribution >= 0.6 is 11.3 Å². The summed E-state index contributed by atoms with van der Waals surface area (Å²) in [4.78, 5) is 0. The molecule has 0 fully saturated rings. The molecule has 1 aromatic rings. The first-order chi connectivity index (χ1) is 6.39. The van der Waals surface area contributed by atoms with Crippen molar-refractivity contribution in [2.45, 2.75) is 12.6 Å². The Hall–Kier alpha value is -0.990. The molecule has 80 valence electrons. The summed E-state index contributed by atoms with van der Waals surface area (Å²) < 4.78 is 59.1. The fourth-order valence-corrected chi connectivity index (χ4v) is 1.19. The van der Waals surface area contributed by atoms with Gasteiger partial charge in [-0.05, 0) is 0 Å². The average molecular weight is 233 g/mol. The second-order valence-corrected chi connectivity index (χ2v) is 3.16. The van der Waals surface area contributed by atoms with Crippen LogP contribution in [0.4, 0.5) is 27.1 Å². The van der Waals surface area contributed by atoms with E-state index in [1.54, 1.807) is 0 Å². The Bertz CT molecular complexity index is 296. The van der Waals surface area contributed by atoms with E-state index in [-0.39, 0.29) is 16.5 Å². The average Bonchev–Trinajstić information content (AvgIpc) is 2.47. The van der Waals surface area contributed by atoms with E-state index in [4.69, 9.17) is 0 Å². The van der Waals surface area contributed by atoms with Gasteiger partial charge in [-0.3, -0.25) is 0 Å². The van der Waals surface area contributed by atoms with Gasteiger partial charge in [0.25, 0.3) is 6.43 Å². The van der Waals surface area contributed by atoms with Crippen molar-refractivity contribution in [1.82, 2.24) is 10.2 Å². The quantitative estimate of drug-likeness (QED) is 0.813. The molecule has 1 N–H and O–H groups in total. The zero-order chi connectivity index (χ0) is 10.8. The molecule has 0 aliphatic heterocycles. The second kappa shape index (κ2) is 4.03. The SMILES string of the molecule is FC(F)CNc1nnc(C(F)(F)F)s1. The van der Waals surface area contributed by atoms with Gasteiger partial charge in [0.05, 0.1) is 6.54 Å². The molecular formula is C5H4F5N3S. The standard InChI is InChI=1S/C5H4F5N3S/c6-2(7)1-11-4-13-12-3(14-4)5(8,9)10/h2H,1H2,(H,11,13). The third-order valence-corrected chi connectivity index (χ3v) is 2.00. The molecule has 0 atom stereocenters. The molecule has 1 rings (SSSR count). The summed E-state index contributed by atoms with van der Waals surface area (Å²) in [6, 6.07) is 0. The number of hydrogen-bond donors (Lipinski definition) is 1. The lowest BCUT2D eigenvalue weighted by Crippen LogP contribution is -2.09. The third-order valence-electron chi connectivity index (χ3n) is 1.08. The highest BCUT2D eigenvalue weighted by Crippen LogP contribution is 2.32. The highest BCUT2D eigenvalue weighted by molar-refractivity contribution is 7.15. The maximum absolute atomic E-state index is 11.9. The van der Waals surface area contributed by atoms with Crippen LogP contribution in [0.2, 0.25) is 0 Å². The topological polar surface area (TPSA) is 37.8 Å². The van der Waals surface area contributed by atoms with Crippen molar-refractivity contribution in [2.75, 3.05) is 11.9 Å². The van der Waals surface area contributed by atoms with E-state index in [2.05, 4.69) is 10.2 Å². The van der Waals surface area contributed by atoms with Crippen LogP contribution in [0.1, 0.15) is 5.01 Å². The van der Waals surface area contributed by atoms with Crippen molar-refractivity contribution in [3.8, 4) is 0 Å². The highest BCUT2D eigenvalue weighted by Gasteiger charge is 2.35. The van der Waals surface area contributed by atoms with Crippen molar-refractivity contribution in [2.24, 2.45) is 0 Å². The number of rotatable bonds is 3. The molecule has 0 radical (unpaired) electrons. The van der Waals surface area contributed by atoms with Crippen LogP contribution in [0.15, 0.2) is 0 Å². The monoisotopic (exact) mass is 233 g/mol. The summed E-state index contributed by atoms with van der Waals surface area (Å²) in [6.45, 7) is -0.744. The van der Waals surface area contributed by atoms with Gasteiger partial charge in [-0.25, -0.2) is 8.78 Å². The molecule has 0 amide bonds. The summed E-state index contributed by atoms with van der Waals surface area (Å²) >= 11 is 0.190. The largest absolute Gasteiger partial charge is 0.445 e. The zero-order valence-electron chi connectivity index (χ0n) is 6.48. The molecule has 0 aliphatic rings. The number of hydrogen-bond acceptors (Lipinski definition) is 4. The maximum atomic E-state index is 11.9. The van der Waals surface area contributed by atoms with Gasteiger partial charge in [0, 0.05) is 0 Å². The summed E-state index contributed by atoms with van der Waals surface area (Å²) in [6.07, 6.45) is -7.23. The van der Waals surface area contributed by atoms with E-state index in [9.17, 15) is 22.0 Å². The van der Waals surface area contributed by atoms with Crippen LogP contribution in [-0.4, -0.2) is 23.2 Å². The molecule has 14 heavy (non-hydrogen) atoms. The van der Waals surface area contributed by atoms with E-state index in [1.807, 2.05) is 5.32 Å². The van der Waals surface area contributed by atoms with Crippen molar-refractivity contribution in [3.05, 3.63) is 5.01 Å². The summed E-state index contributed by atoms with van der Waals surface area (Å²) in [5, 5.41) is 6.47. The number of alkyl halides is 5. The zero-order valence-corrected chi connectivity index (χ0v) is 7.29. The maximum Gasteiger partial charge on any atom is 0.445 e. The Kier molecular flexibility index (Phi) is 3.19. The normalized spacial score (nSPS) is 12.1. The van der Waals surface area contributed by atoms with E-state index >= 15 is 0 Å². The number of nitrogens with one attached hydrogen (secondary N) is 1. The van der Waals surface area contributed by atoms with Gasteiger partial charge in [-0.15, -0.1) is 10.2 Å². The molecular weight excluding hydrogens is 229 g/mol. The van der Waals surface area contributed by atoms with Gasteiger partial charge < -0.3 is 5.32 Å². The van der Waals surface area contributed by atoms with Crippen LogP contribution in [0.25, 0.3) is 0 Å². The minimum Gasteiger partial charge on any atom is -0.354 e. The molecule has 1 heterocycles. The number of nitrogens with zero attached hydrogens (tertiary/aromatic N) is 2. The lowest BCUT2D eigenvalue weighted by Gasteiger charge is -1.99. The fraction of sp³-hybridized carbons (Fsp3) is 0.600. The van der Waals surface area contributed by atoms with Crippen molar-refractivity contribution in [3.63, 3.8) is 0 Å². The molecule has 9 heteroatoms. The predicted molar refractivity (Wildman–Crippen MR) is 39.4 cm³/mol. The van der Waals surface area contributed by atoms with Gasteiger partial charge in [0.1, 0.15) is 0 Å². The first kappa shape index (κ1) is 11.1. The second-order valence-electron chi connectivity index (χ2n) is 2.18. The molecule has 0 aliphatic carbocycles. The van der Waals surface area contributed by atoms with E-state index < -0.39 is 24.2 Å². The minimum atomic E-state index is -4.58. The van der Waals surface area contributed by atoms with Crippen LogP contribution in [-0.2, 0) is 6.18 Å². The van der Waals surface area contributed by atoms with Gasteiger partial charge in [-0.2, -0.15) is 13.2 Å². The molecule has 0 aromatic carbocycles. The summed E-state index contributed by atoms with van der Waals surface area (Å²) in [5.74, 6) is 0. The third kappa shape index (κ3) is 3.05. The molecule has 0 saturated carbocycles. The van der Waals surface area contributed by atoms with Gasteiger partial charge in [0.2, 0.25) is 10.1 Å². The lowest BCUT2D eigenvalue weighted by atomic mass is 10.7. The van der Waals surface area contributed by atoms with E-state index in [0.717, 1.165) is 0 Å². The molecule has 0 saturated heterocycles. The van der Waals surface area contributed by atoms with Crippen LogP contribution in [0.5, 0.6) is 0 Å². The lowest BCUT2D eigenvalue weighted by molar-refractivity contribution is -0.138. The highest BCUT2D eigenvalue weighted by atomic mass is 32.1. The first-order valence-electron chi connectivity index (χ1n) is 3.32. The van der Waals surface area contributed by atoms with Crippen molar-refractivity contribution >= 4 is 16.5 Å². The Balaban J connectivity index is 2.60. The van der Waals surface area contributed by atoms with Crippen molar-refractivity contribution in [1.29, 1.82) is 0 Å². The minimum absolute atomic E-state index is 0.190.